The molecular formula is C11H10ClN3O. The van der Waals surface area contributed by atoms with Gasteiger partial charge >= 0.3 is 0 Å². The summed E-state index contributed by atoms with van der Waals surface area (Å²) in [6, 6.07) is 7.69. The van der Waals surface area contributed by atoms with Crippen molar-refractivity contribution in [1.82, 2.24) is 15.0 Å². The van der Waals surface area contributed by atoms with Crippen LogP contribution in [-0.2, 0) is 0 Å². The molecule has 0 bridgehead atoms. The van der Waals surface area contributed by atoms with Crippen molar-refractivity contribution in [2.24, 2.45) is 0 Å². The van der Waals surface area contributed by atoms with Gasteiger partial charge in [0, 0.05) is 0 Å². The lowest BCUT2D eigenvalue weighted by Gasteiger charge is -1.99. The normalized spacial score (nSPS) is 10.4. The molecule has 0 saturated carbocycles. The number of aryl methyl sites for hydroxylation is 2. The molecular weight excluding hydrogens is 226 g/mol. The van der Waals surface area contributed by atoms with E-state index in [1.54, 1.807) is 6.92 Å². The molecule has 16 heavy (non-hydrogen) atoms. The van der Waals surface area contributed by atoms with E-state index in [0.717, 1.165) is 11.3 Å². The molecule has 0 radical (unpaired) electrons. The van der Waals surface area contributed by atoms with E-state index in [0.29, 0.717) is 5.69 Å². The van der Waals surface area contributed by atoms with E-state index in [4.69, 9.17) is 11.6 Å². The van der Waals surface area contributed by atoms with E-state index >= 15 is 0 Å². The average molecular weight is 236 g/mol. The Labute approximate surface area is 97.8 Å². The van der Waals surface area contributed by atoms with Crippen LogP contribution in [0.4, 0.5) is 0 Å². The smallest absolute Gasteiger partial charge is 0.274 e. The molecule has 0 unspecified atom stereocenters. The van der Waals surface area contributed by atoms with E-state index in [1.807, 2.05) is 31.2 Å². The fourth-order valence-corrected chi connectivity index (χ4v) is 1.60. The van der Waals surface area contributed by atoms with Gasteiger partial charge in [0.25, 0.3) is 5.24 Å². The van der Waals surface area contributed by atoms with Crippen LogP contribution in [0.2, 0.25) is 0 Å². The van der Waals surface area contributed by atoms with E-state index in [1.165, 1.54) is 4.80 Å². The van der Waals surface area contributed by atoms with Gasteiger partial charge in [-0.25, -0.2) is 0 Å². The van der Waals surface area contributed by atoms with Crippen LogP contribution in [0.25, 0.3) is 5.69 Å². The second-order valence-corrected chi connectivity index (χ2v) is 3.88. The lowest BCUT2D eigenvalue weighted by Crippen LogP contribution is -2.00. The lowest BCUT2D eigenvalue weighted by molar-refractivity contribution is 0.107. The van der Waals surface area contributed by atoms with Crippen molar-refractivity contribution in [3.63, 3.8) is 0 Å². The molecule has 0 aliphatic rings. The Balaban J connectivity index is 2.49. The molecule has 2 rings (SSSR count). The maximum Gasteiger partial charge on any atom is 0.274 e. The summed E-state index contributed by atoms with van der Waals surface area (Å²) in [7, 11) is 0. The topological polar surface area (TPSA) is 47.8 Å². The van der Waals surface area contributed by atoms with E-state index in [9.17, 15) is 4.79 Å². The fourth-order valence-electron chi connectivity index (χ4n) is 1.43. The number of hydrogen-bond donors (Lipinski definition) is 0. The summed E-state index contributed by atoms with van der Waals surface area (Å²) in [4.78, 5) is 12.4. The predicted octanol–water partition coefficient (Wildman–Crippen LogP) is 2.26. The van der Waals surface area contributed by atoms with Crippen molar-refractivity contribution in [2.45, 2.75) is 13.8 Å². The van der Waals surface area contributed by atoms with Crippen molar-refractivity contribution in [3.05, 3.63) is 41.2 Å². The highest BCUT2D eigenvalue weighted by atomic mass is 35.5. The lowest BCUT2D eigenvalue weighted by atomic mass is 10.2. The van der Waals surface area contributed by atoms with Gasteiger partial charge in [-0.05, 0) is 43.1 Å². The minimum Gasteiger partial charge on any atom is -0.274 e. The maximum atomic E-state index is 11.0. The van der Waals surface area contributed by atoms with Gasteiger partial charge in [0.1, 0.15) is 0 Å². The number of nitrogens with zero attached hydrogens (tertiary/aromatic N) is 3. The van der Waals surface area contributed by atoms with Gasteiger partial charge in [0.15, 0.2) is 5.69 Å². The highest BCUT2D eigenvalue weighted by Crippen LogP contribution is 2.11. The van der Waals surface area contributed by atoms with Gasteiger partial charge < -0.3 is 0 Å². The number of halogens is 1. The van der Waals surface area contributed by atoms with Gasteiger partial charge in [0.05, 0.1) is 11.4 Å². The van der Waals surface area contributed by atoms with Crippen molar-refractivity contribution in [1.29, 1.82) is 0 Å². The Hall–Kier alpha value is -1.68. The molecule has 0 atom stereocenters. The highest BCUT2D eigenvalue weighted by molar-refractivity contribution is 6.67. The second kappa shape index (κ2) is 4.06. The number of rotatable bonds is 2. The summed E-state index contributed by atoms with van der Waals surface area (Å²) < 4.78 is 0. The SMILES string of the molecule is Cc1cccc(-n2nc(C)c(C(=O)Cl)n2)c1. The van der Waals surface area contributed by atoms with E-state index in [2.05, 4.69) is 10.2 Å². The third-order valence-corrected chi connectivity index (χ3v) is 2.38. The Morgan fingerprint density at radius 3 is 2.62 bits per heavy atom. The first kappa shape index (κ1) is 10.8. The number of carbonyl (C=O) groups is 1. The maximum absolute atomic E-state index is 11.0. The molecule has 0 fully saturated rings. The number of hydrogen-bond acceptors (Lipinski definition) is 3. The summed E-state index contributed by atoms with van der Waals surface area (Å²) in [6.07, 6.45) is 0. The van der Waals surface area contributed by atoms with Gasteiger partial charge in [-0.1, -0.05) is 12.1 Å². The van der Waals surface area contributed by atoms with Gasteiger partial charge in [-0.15, -0.1) is 5.10 Å². The van der Waals surface area contributed by atoms with Gasteiger partial charge in [-0.3, -0.25) is 4.79 Å². The summed E-state index contributed by atoms with van der Waals surface area (Å²) in [6.45, 7) is 3.68. The number of benzene rings is 1. The van der Waals surface area contributed by atoms with Crippen LogP contribution in [-0.4, -0.2) is 20.2 Å². The summed E-state index contributed by atoms with van der Waals surface area (Å²) in [5, 5.41) is 7.60. The van der Waals surface area contributed by atoms with Crippen LogP contribution in [0.1, 0.15) is 21.7 Å². The van der Waals surface area contributed by atoms with Crippen LogP contribution < -0.4 is 0 Å². The summed E-state index contributed by atoms with van der Waals surface area (Å²) in [5.41, 5.74) is 2.64. The van der Waals surface area contributed by atoms with Crippen LogP contribution in [0, 0.1) is 13.8 Å². The zero-order valence-electron chi connectivity index (χ0n) is 8.94. The largest absolute Gasteiger partial charge is 0.274 e. The molecule has 0 aliphatic heterocycles. The molecule has 0 amide bonds. The molecule has 0 aliphatic carbocycles. The summed E-state index contributed by atoms with van der Waals surface area (Å²) in [5.74, 6) is 0. The number of aromatic nitrogens is 3. The molecule has 0 N–H and O–H groups in total. The molecule has 1 aromatic heterocycles. The Kier molecular flexibility index (Phi) is 2.75. The standard InChI is InChI=1S/C11H10ClN3O/c1-7-4-3-5-9(6-7)15-13-8(2)10(14-15)11(12)16/h3-6H,1-2H3. The molecule has 1 aromatic carbocycles. The third-order valence-electron chi connectivity index (χ3n) is 2.20. The monoisotopic (exact) mass is 235 g/mol. The average Bonchev–Trinajstić information content (AvgIpc) is 2.60. The van der Waals surface area contributed by atoms with Gasteiger partial charge in [-0.2, -0.15) is 9.90 Å². The third kappa shape index (κ3) is 1.97. The van der Waals surface area contributed by atoms with Crippen LogP contribution in [0.15, 0.2) is 24.3 Å². The zero-order chi connectivity index (χ0) is 11.7. The predicted molar refractivity (Wildman–Crippen MR) is 61.0 cm³/mol. The van der Waals surface area contributed by atoms with Crippen LogP contribution in [0.5, 0.6) is 0 Å². The number of carbonyl (C=O) groups excluding carboxylic acids is 1. The Morgan fingerprint density at radius 1 is 1.31 bits per heavy atom. The molecule has 5 heteroatoms. The molecule has 1 heterocycles. The minimum absolute atomic E-state index is 0.197. The second-order valence-electron chi connectivity index (χ2n) is 3.54. The fraction of sp³-hybridized carbons (Fsp3) is 0.182. The van der Waals surface area contributed by atoms with Crippen LogP contribution in [0.3, 0.4) is 0 Å². The first-order valence-electron chi connectivity index (χ1n) is 4.79. The van der Waals surface area contributed by atoms with E-state index in [-0.39, 0.29) is 5.69 Å². The summed E-state index contributed by atoms with van der Waals surface area (Å²) >= 11 is 5.39. The molecule has 2 aromatic rings. The van der Waals surface area contributed by atoms with Crippen molar-refractivity contribution >= 4 is 16.8 Å². The Morgan fingerprint density at radius 2 is 2.06 bits per heavy atom. The zero-order valence-corrected chi connectivity index (χ0v) is 9.69. The first-order chi connectivity index (χ1) is 7.58. The minimum atomic E-state index is -0.587. The van der Waals surface area contributed by atoms with Crippen molar-refractivity contribution < 1.29 is 4.79 Å². The molecule has 82 valence electrons. The quantitative estimate of drug-likeness (QED) is 0.751. The highest BCUT2D eigenvalue weighted by Gasteiger charge is 2.13. The first-order valence-corrected chi connectivity index (χ1v) is 5.16. The van der Waals surface area contributed by atoms with Crippen molar-refractivity contribution in [3.8, 4) is 5.69 Å². The molecule has 4 nitrogen and oxygen atoms in total. The van der Waals surface area contributed by atoms with Crippen LogP contribution >= 0.6 is 11.6 Å². The molecule has 0 saturated heterocycles. The van der Waals surface area contributed by atoms with E-state index < -0.39 is 5.24 Å². The Bertz CT molecular complexity index is 548. The van der Waals surface area contributed by atoms with Gasteiger partial charge in [0.2, 0.25) is 0 Å². The van der Waals surface area contributed by atoms with Crippen molar-refractivity contribution in [2.75, 3.05) is 0 Å². The molecule has 0 spiro atoms.